The standard InChI is InChI=1S/C38H36N6O/c1-5-24-22-30-28-13-10-11-21-42(28)38(7-3,37(4,6-2)44(30)41-24)23-31-25-15-18-33-35(26-12-8-9-14-32(26)45-33)34(25)29-17-16-27-36(43(29)31)40-20-19-39-27/h8-22,31H,5-7,23H2,1-4H3/q+2. The first-order chi connectivity index (χ1) is 22.0. The van der Waals surface area contributed by atoms with Gasteiger partial charge in [-0.25, -0.2) is 14.2 Å². The normalized spacial score (nSPS) is 21.6. The van der Waals surface area contributed by atoms with Crippen molar-refractivity contribution in [2.45, 2.75) is 70.5 Å². The molecule has 7 heterocycles. The Kier molecular flexibility index (Phi) is 5.47. The number of aryl methyl sites for hydroxylation is 1. The molecule has 0 fully saturated rings. The van der Waals surface area contributed by atoms with E-state index in [0.717, 1.165) is 64.8 Å². The average molecular weight is 593 g/mol. The molecule has 2 aliphatic heterocycles. The van der Waals surface area contributed by atoms with E-state index >= 15 is 0 Å². The largest absolute Gasteiger partial charge is 0.456 e. The van der Waals surface area contributed by atoms with Gasteiger partial charge < -0.3 is 4.42 Å². The number of hydrogen-bond acceptors (Lipinski definition) is 4. The molecule has 0 spiro atoms. The minimum atomic E-state index is -0.295. The molecule has 0 bridgehead atoms. The summed E-state index contributed by atoms with van der Waals surface area (Å²) in [5, 5.41) is 7.59. The Morgan fingerprint density at radius 2 is 1.71 bits per heavy atom. The Bertz CT molecular complexity index is 2320. The molecule has 2 aromatic carbocycles. The van der Waals surface area contributed by atoms with Crippen LogP contribution in [0.25, 0.3) is 55.7 Å². The van der Waals surface area contributed by atoms with Crippen molar-refractivity contribution in [3.05, 3.63) is 103 Å². The molecule has 3 atom stereocenters. The second-order valence-electron chi connectivity index (χ2n) is 12.8. The van der Waals surface area contributed by atoms with Crippen LogP contribution in [0.4, 0.5) is 0 Å². The monoisotopic (exact) mass is 592 g/mol. The van der Waals surface area contributed by atoms with Gasteiger partial charge >= 0.3 is 5.65 Å². The van der Waals surface area contributed by atoms with Gasteiger partial charge in [0.2, 0.25) is 5.69 Å². The molecule has 7 nitrogen and oxygen atoms in total. The molecule has 0 saturated heterocycles. The van der Waals surface area contributed by atoms with E-state index in [2.05, 4.69) is 114 Å². The van der Waals surface area contributed by atoms with Crippen LogP contribution in [0, 0.1) is 0 Å². The van der Waals surface area contributed by atoms with Crippen molar-refractivity contribution < 1.29 is 13.6 Å². The van der Waals surface area contributed by atoms with Crippen LogP contribution in [0.1, 0.15) is 64.3 Å². The first-order valence-corrected chi connectivity index (χ1v) is 16.2. The summed E-state index contributed by atoms with van der Waals surface area (Å²) in [6, 6.07) is 26.1. The van der Waals surface area contributed by atoms with Crippen molar-refractivity contribution >= 4 is 33.1 Å². The molecular formula is C38H36N6O+2. The SMILES string of the molecule is CCc1cc2n(n1)C(C)(CC)C(CC)(CC1c3ccc4oc5ccccc5c4c3-c3ccc4nccnc4[n+]31)[n+]1ccccc1-2. The van der Waals surface area contributed by atoms with E-state index in [1.165, 1.54) is 27.9 Å². The van der Waals surface area contributed by atoms with Crippen LogP contribution in [0.3, 0.4) is 0 Å². The zero-order valence-electron chi connectivity index (χ0n) is 26.2. The third kappa shape index (κ3) is 3.28. The highest BCUT2D eigenvalue weighted by Gasteiger charge is 2.62. The molecule has 0 saturated carbocycles. The highest BCUT2D eigenvalue weighted by molar-refractivity contribution is 6.13. The molecule has 0 amide bonds. The van der Waals surface area contributed by atoms with Crippen molar-refractivity contribution in [2.75, 3.05) is 0 Å². The molecular weight excluding hydrogens is 556 g/mol. The highest BCUT2D eigenvalue weighted by Crippen LogP contribution is 2.52. The van der Waals surface area contributed by atoms with Gasteiger partial charge in [0.15, 0.2) is 23.4 Å². The van der Waals surface area contributed by atoms with Gasteiger partial charge in [-0.15, -0.1) is 0 Å². The molecule has 0 radical (unpaired) electrons. The summed E-state index contributed by atoms with van der Waals surface area (Å²) >= 11 is 0. The number of benzene rings is 2. The third-order valence-electron chi connectivity index (χ3n) is 11.1. The van der Waals surface area contributed by atoms with Gasteiger partial charge in [-0.1, -0.05) is 45.0 Å². The molecule has 222 valence electrons. The van der Waals surface area contributed by atoms with Gasteiger partial charge in [-0.05, 0) is 61.1 Å². The van der Waals surface area contributed by atoms with Crippen LogP contribution < -0.4 is 9.13 Å². The zero-order chi connectivity index (χ0) is 30.5. The summed E-state index contributed by atoms with van der Waals surface area (Å²) in [4.78, 5) is 9.71. The summed E-state index contributed by atoms with van der Waals surface area (Å²) in [6.45, 7) is 9.29. The fourth-order valence-electron chi connectivity index (χ4n) is 8.70. The Morgan fingerprint density at radius 1 is 0.867 bits per heavy atom. The Balaban J connectivity index is 1.36. The van der Waals surface area contributed by atoms with Crippen molar-refractivity contribution in [1.29, 1.82) is 0 Å². The van der Waals surface area contributed by atoms with Gasteiger partial charge in [-0.3, -0.25) is 0 Å². The first kappa shape index (κ1) is 26.5. The topological polar surface area (TPSA) is 64.5 Å². The van der Waals surface area contributed by atoms with Crippen LogP contribution in [0.15, 0.2) is 95.8 Å². The van der Waals surface area contributed by atoms with E-state index in [-0.39, 0.29) is 17.1 Å². The number of para-hydroxylation sites is 1. The fraction of sp³-hybridized carbons (Fsp3) is 0.289. The van der Waals surface area contributed by atoms with Crippen LogP contribution in [-0.2, 0) is 17.5 Å². The van der Waals surface area contributed by atoms with Crippen LogP contribution in [0.2, 0.25) is 0 Å². The number of aromatic nitrogens is 6. The summed E-state index contributed by atoms with van der Waals surface area (Å²) in [5.74, 6) is 0. The van der Waals surface area contributed by atoms with Crippen LogP contribution in [0.5, 0.6) is 0 Å². The second-order valence-corrected chi connectivity index (χ2v) is 12.8. The lowest BCUT2D eigenvalue weighted by Gasteiger charge is -2.47. The molecule has 7 heteroatoms. The maximum Gasteiger partial charge on any atom is 0.349 e. The Morgan fingerprint density at radius 3 is 2.56 bits per heavy atom. The molecule has 9 rings (SSSR count). The zero-order valence-corrected chi connectivity index (χ0v) is 26.2. The molecule has 0 aliphatic carbocycles. The summed E-state index contributed by atoms with van der Waals surface area (Å²) in [5.41, 5.74) is 10.3. The quantitative estimate of drug-likeness (QED) is 0.195. The van der Waals surface area contributed by atoms with E-state index in [9.17, 15) is 0 Å². The molecule has 2 aliphatic rings. The van der Waals surface area contributed by atoms with Crippen LogP contribution >= 0.6 is 0 Å². The van der Waals surface area contributed by atoms with E-state index in [4.69, 9.17) is 19.5 Å². The number of rotatable bonds is 5. The minimum absolute atomic E-state index is 0.0163. The number of nitrogens with zero attached hydrogens (tertiary/aromatic N) is 6. The van der Waals surface area contributed by atoms with Gasteiger partial charge in [0.1, 0.15) is 34.1 Å². The predicted octanol–water partition coefficient (Wildman–Crippen LogP) is 7.43. The minimum Gasteiger partial charge on any atom is -0.456 e. The van der Waals surface area contributed by atoms with Gasteiger partial charge in [0.25, 0.3) is 0 Å². The smallest absolute Gasteiger partial charge is 0.349 e. The molecule has 0 N–H and O–H groups in total. The number of hydrogen-bond donors (Lipinski definition) is 0. The second kappa shape index (κ2) is 9.30. The van der Waals surface area contributed by atoms with Gasteiger partial charge in [-0.2, -0.15) is 9.67 Å². The van der Waals surface area contributed by atoms with E-state index < -0.39 is 0 Å². The summed E-state index contributed by atoms with van der Waals surface area (Å²) < 4.78 is 13.8. The summed E-state index contributed by atoms with van der Waals surface area (Å²) in [6.07, 6.45) is 9.55. The average Bonchev–Trinajstić information content (AvgIpc) is 3.79. The predicted molar refractivity (Wildman–Crippen MR) is 175 cm³/mol. The van der Waals surface area contributed by atoms with E-state index in [1.807, 2.05) is 12.3 Å². The number of furan rings is 1. The Hall–Kier alpha value is -4.91. The summed E-state index contributed by atoms with van der Waals surface area (Å²) in [7, 11) is 0. The third-order valence-corrected chi connectivity index (χ3v) is 11.1. The van der Waals surface area contributed by atoms with Gasteiger partial charge in [0, 0.05) is 40.5 Å². The van der Waals surface area contributed by atoms with Crippen molar-refractivity contribution in [3.8, 4) is 22.6 Å². The van der Waals surface area contributed by atoms with Gasteiger partial charge in [0.05, 0.1) is 18.3 Å². The lowest BCUT2D eigenvalue weighted by Crippen LogP contribution is -2.72. The number of fused-ring (bicyclic) bond motifs is 12. The Labute approximate surface area is 261 Å². The van der Waals surface area contributed by atoms with E-state index in [0.29, 0.717) is 0 Å². The van der Waals surface area contributed by atoms with Crippen molar-refractivity contribution in [2.24, 2.45) is 0 Å². The molecule has 5 aromatic heterocycles. The van der Waals surface area contributed by atoms with Crippen molar-refractivity contribution in [3.63, 3.8) is 0 Å². The first-order valence-electron chi connectivity index (χ1n) is 16.2. The lowest BCUT2D eigenvalue weighted by atomic mass is 9.68. The lowest BCUT2D eigenvalue weighted by molar-refractivity contribution is -0.786. The molecule has 3 unspecified atom stereocenters. The fourth-order valence-corrected chi connectivity index (χ4v) is 8.70. The maximum absolute atomic E-state index is 6.40. The van der Waals surface area contributed by atoms with Crippen LogP contribution in [-0.4, -0.2) is 19.7 Å². The molecule has 45 heavy (non-hydrogen) atoms. The number of pyridine rings is 2. The van der Waals surface area contributed by atoms with E-state index in [1.54, 1.807) is 6.20 Å². The van der Waals surface area contributed by atoms with Crippen molar-refractivity contribution in [1.82, 2.24) is 19.7 Å². The molecule has 7 aromatic rings. The highest BCUT2D eigenvalue weighted by atomic mass is 16.3. The maximum atomic E-state index is 6.40.